The van der Waals surface area contributed by atoms with Crippen LogP contribution in [-0.2, 0) is 11.3 Å². The van der Waals surface area contributed by atoms with Crippen LogP contribution in [0.5, 0.6) is 0 Å². The second-order valence-corrected chi connectivity index (χ2v) is 10.9. The average Bonchev–Trinajstić information content (AvgIpc) is 3.45. The van der Waals surface area contributed by atoms with Gasteiger partial charge in [-0.05, 0) is 30.5 Å². The van der Waals surface area contributed by atoms with Gasteiger partial charge in [0.2, 0.25) is 0 Å². The highest BCUT2D eigenvalue weighted by molar-refractivity contribution is 6.33. The van der Waals surface area contributed by atoms with Crippen molar-refractivity contribution in [2.24, 2.45) is 0 Å². The molecule has 1 fully saturated rings. The summed E-state index contributed by atoms with van der Waals surface area (Å²) < 4.78 is 7.61. The van der Waals surface area contributed by atoms with Crippen molar-refractivity contribution in [3.8, 4) is 22.5 Å². The summed E-state index contributed by atoms with van der Waals surface area (Å²) in [6.45, 7) is 1.47. The molecule has 0 spiro atoms. The molecule has 0 bridgehead atoms. The second kappa shape index (κ2) is 11.3. The van der Waals surface area contributed by atoms with E-state index in [-0.39, 0.29) is 18.6 Å². The van der Waals surface area contributed by atoms with E-state index in [9.17, 15) is 4.79 Å². The molecule has 3 aromatic heterocycles. The molecule has 1 saturated heterocycles. The van der Waals surface area contributed by atoms with Crippen LogP contribution in [0.1, 0.15) is 30.1 Å². The SMILES string of the molecule is O=C(OCc1ccccc1)N1CCC(c2nc(-c3ccc4ccc(-c5ccccc5)nc4c3)c3c(Cl)nccn23)CC1. The van der Waals surface area contributed by atoms with Crippen molar-refractivity contribution in [3.63, 3.8) is 0 Å². The van der Waals surface area contributed by atoms with E-state index in [4.69, 9.17) is 26.3 Å². The van der Waals surface area contributed by atoms with Gasteiger partial charge in [0, 0.05) is 47.9 Å². The van der Waals surface area contributed by atoms with E-state index in [0.29, 0.717) is 18.2 Å². The molecule has 0 unspecified atom stereocenters. The lowest BCUT2D eigenvalue weighted by molar-refractivity contribution is 0.0866. The fraction of sp³-hybridized carbons (Fsp3) is 0.176. The summed E-state index contributed by atoms with van der Waals surface area (Å²) in [5.74, 6) is 1.08. The van der Waals surface area contributed by atoms with Crippen LogP contribution >= 0.6 is 11.6 Å². The first-order chi connectivity index (χ1) is 20.6. The number of ether oxygens (including phenoxy) is 1. The molecular formula is C34H28ClN5O2. The summed E-state index contributed by atoms with van der Waals surface area (Å²) in [5, 5.41) is 1.46. The number of pyridine rings is 1. The zero-order valence-corrected chi connectivity index (χ0v) is 23.6. The molecule has 0 atom stereocenters. The Labute approximate surface area is 248 Å². The van der Waals surface area contributed by atoms with Gasteiger partial charge in [0.15, 0.2) is 5.15 Å². The molecule has 6 aromatic rings. The Kier molecular flexibility index (Phi) is 7.01. The van der Waals surface area contributed by atoms with Gasteiger partial charge in [-0.1, -0.05) is 90.5 Å². The maximum Gasteiger partial charge on any atom is 0.410 e. The standard InChI is InChI=1S/C34H28ClN5O2/c35-32-31-30(27-12-11-25-13-14-28(37-29(25)21-27)24-9-5-2-6-10-24)38-33(40(31)20-17-36-32)26-15-18-39(19-16-26)34(41)42-22-23-7-3-1-4-8-23/h1-14,17,20-21,26H,15-16,18-19,22H2. The third kappa shape index (κ3) is 5.08. The summed E-state index contributed by atoms with van der Waals surface area (Å²) in [7, 11) is 0. The largest absolute Gasteiger partial charge is 0.445 e. The Morgan fingerprint density at radius 2 is 1.62 bits per heavy atom. The minimum atomic E-state index is -0.281. The number of hydrogen-bond acceptors (Lipinski definition) is 5. The fourth-order valence-electron chi connectivity index (χ4n) is 5.68. The molecule has 7 rings (SSSR count). The number of amides is 1. The number of halogens is 1. The summed E-state index contributed by atoms with van der Waals surface area (Å²) in [4.78, 5) is 29.0. The minimum absolute atomic E-state index is 0.158. The Bertz CT molecular complexity index is 1880. The Balaban J connectivity index is 1.16. The first-order valence-electron chi connectivity index (χ1n) is 14.1. The highest BCUT2D eigenvalue weighted by Crippen LogP contribution is 2.36. The van der Waals surface area contributed by atoms with Gasteiger partial charge >= 0.3 is 6.09 Å². The van der Waals surface area contributed by atoms with E-state index >= 15 is 0 Å². The van der Waals surface area contributed by atoms with Crippen LogP contribution in [0.15, 0.2) is 103 Å². The van der Waals surface area contributed by atoms with Crippen LogP contribution in [0.25, 0.3) is 38.9 Å². The number of hydrogen-bond donors (Lipinski definition) is 0. The fourth-order valence-corrected chi connectivity index (χ4v) is 5.92. The predicted octanol–water partition coefficient (Wildman–Crippen LogP) is 7.78. The first-order valence-corrected chi connectivity index (χ1v) is 14.5. The zero-order chi connectivity index (χ0) is 28.5. The van der Waals surface area contributed by atoms with Crippen molar-refractivity contribution in [2.45, 2.75) is 25.4 Å². The van der Waals surface area contributed by atoms with Crippen molar-refractivity contribution in [2.75, 3.05) is 13.1 Å². The molecule has 1 amide bonds. The van der Waals surface area contributed by atoms with Crippen molar-refractivity contribution in [3.05, 3.63) is 120 Å². The number of fused-ring (bicyclic) bond motifs is 2. The van der Waals surface area contributed by atoms with Gasteiger partial charge in [-0.3, -0.25) is 4.40 Å². The van der Waals surface area contributed by atoms with Crippen molar-refractivity contribution in [1.82, 2.24) is 24.3 Å². The first kappa shape index (κ1) is 26.2. The Morgan fingerprint density at radius 1 is 0.881 bits per heavy atom. The molecule has 0 aliphatic carbocycles. The van der Waals surface area contributed by atoms with Gasteiger partial charge in [-0.25, -0.2) is 19.7 Å². The second-order valence-electron chi connectivity index (χ2n) is 10.5. The van der Waals surface area contributed by atoms with Crippen molar-refractivity contribution >= 4 is 34.1 Å². The van der Waals surface area contributed by atoms with E-state index in [0.717, 1.165) is 63.2 Å². The molecule has 1 aliphatic rings. The minimum Gasteiger partial charge on any atom is -0.445 e. The lowest BCUT2D eigenvalue weighted by atomic mass is 9.96. The quantitative estimate of drug-likeness (QED) is 0.210. The van der Waals surface area contributed by atoms with Gasteiger partial charge in [-0.15, -0.1) is 0 Å². The molecule has 0 N–H and O–H groups in total. The monoisotopic (exact) mass is 573 g/mol. The van der Waals surface area contributed by atoms with Crippen molar-refractivity contribution in [1.29, 1.82) is 0 Å². The van der Waals surface area contributed by atoms with E-state index < -0.39 is 0 Å². The number of rotatable bonds is 5. The molecule has 3 aromatic carbocycles. The van der Waals surface area contributed by atoms with Gasteiger partial charge in [0.05, 0.1) is 16.9 Å². The summed E-state index contributed by atoms with van der Waals surface area (Å²) in [6.07, 6.45) is 4.89. The number of carbonyl (C=O) groups is 1. The average molecular weight is 574 g/mol. The third-order valence-corrected chi connectivity index (χ3v) is 8.17. The highest BCUT2D eigenvalue weighted by Gasteiger charge is 2.29. The van der Waals surface area contributed by atoms with Crippen LogP contribution < -0.4 is 0 Å². The predicted molar refractivity (Wildman–Crippen MR) is 164 cm³/mol. The van der Waals surface area contributed by atoms with Crippen molar-refractivity contribution < 1.29 is 9.53 Å². The maximum atomic E-state index is 12.7. The number of carbonyl (C=O) groups excluding carboxylic acids is 1. The van der Waals surface area contributed by atoms with E-state index in [1.807, 2.05) is 60.8 Å². The van der Waals surface area contributed by atoms with Crippen LogP contribution in [0.2, 0.25) is 5.15 Å². The van der Waals surface area contributed by atoms with Gasteiger partial charge in [0.25, 0.3) is 0 Å². The normalized spacial score (nSPS) is 14.0. The van der Waals surface area contributed by atoms with E-state index in [1.54, 1.807) is 11.1 Å². The number of benzene rings is 3. The number of aromatic nitrogens is 4. The van der Waals surface area contributed by atoms with E-state index in [1.165, 1.54) is 0 Å². The highest BCUT2D eigenvalue weighted by atomic mass is 35.5. The van der Waals surface area contributed by atoms with Crippen LogP contribution in [0, 0.1) is 0 Å². The van der Waals surface area contributed by atoms with Crippen LogP contribution in [-0.4, -0.2) is 43.4 Å². The maximum absolute atomic E-state index is 12.7. The van der Waals surface area contributed by atoms with Gasteiger partial charge in [-0.2, -0.15) is 0 Å². The molecule has 7 nitrogen and oxygen atoms in total. The molecule has 0 saturated carbocycles. The number of nitrogens with zero attached hydrogens (tertiary/aromatic N) is 5. The Morgan fingerprint density at radius 3 is 2.40 bits per heavy atom. The molecular weight excluding hydrogens is 546 g/mol. The molecule has 0 radical (unpaired) electrons. The lowest BCUT2D eigenvalue weighted by Crippen LogP contribution is -2.38. The topological polar surface area (TPSA) is 72.6 Å². The number of imidazole rings is 1. The molecule has 1 aliphatic heterocycles. The van der Waals surface area contributed by atoms with Gasteiger partial charge in [0.1, 0.15) is 17.9 Å². The van der Waals surface area contributed by atoms with Crippen LogP contribution in [0.3, 0.4) is 0 Å². The molecule has 42 heavy (non-hydrogen) atoms. The lowest BCUT2D eigenvalue weighted by Gasteiger charge is -2.30. The Hall–Kier alpha value is -4.75. The molecule has 208 valence electrons. The summed E-state index contributed by atoms with van der Waals surface area (Å²) in [5.41, 5.74) is 6.34. The van der Waals surface area contributed by atoms with Crippen LogP contribution in [0.4, 0.5) is 4.79 Å². The molecule has 4 heterocycles. The smallest absolute Gasteiger partial charge is 0.410 e. The number of piperidine rings is 1. The summed E-state index contributed by atoms with van der Waals surface area (Å²) >= 11 is 6.68. The zero-order valence-electron chi connectivity index (χ0n) is 22.9. The molecule has 8 heteroatoms. The third-order valence-electron chi connectivity index (χ3n) is 7.90. The van der Waals surface area contributed by atoms with Gasteiger partial charge < -0.3 is 9.64 Å². The summed E-state index contributed by atoms with van der Waals surface area (Å²) in [6, 6.07) is 30.2. The van der Waals surface area contributed by atoms with E-state index in [2.05, 4.69) is 45.8 Å². The number of likely N-dealkylation sites (tertiary alicyclic amines) is 1.